The first-order valence-corrected chi connectivity index (χ1v) is 7.41. The predicted molar refractivity (Wildman–Crippen MR) is 86.1 cm³/mol. The first-order chi connectivity index (χ1) is 9.99. The molecule has 0 spiro atoms. The van der Waals surface area contributed by atoms with E-state index in [1.54, 1.807) is 47.4 Å². The highest BCUT2D eigenvalue weighted by molar-refractivity contribution is 6.35. The molecule has 6 heteroatoms. The van der Waals surface area contributed by atoms with Crippen LogP contribution in [0.2, 0.25) is 15.1 Å². The smallest absolute Gasteiger partial charge is 0.247 e. The number of benzene rings is 2. The fraction of sp³-hybridized carbons (Fsp3) is 0.133. The number of rotatable bonds is 2. The third kappa shape index (κ3) is 2.51. The third-order valence-electron chi connectivity index (χ3n) is 3.53. The van der Waals surface area contributed by atoms with Gasteiger partial charge in [0.15, 0.2) is 0 Å². The summed E-state index contributed by atoms with van der Waals surface area (Å²) in [6, 6.07) is 11.3. The highest BCUT2D eigenvalue weighted by Gasteiger charge is 2.47. The largest absolute Gasteiger partial charge is 0.318 e. The van der Waals surface area contributed by atoms with E-state index in [9.17, 15) is 4.79 Å². The van der Waals surface area contributed by atoms with Crippen LogP contribution in [0.5, 0.6) is 0 Å². The number of amides is 1. The lowest BCUT2D eigenvalue weighted by Gasteiger charge is -2.46. The molecule has 3 rings (SSSR count). The molecule has 1 heterocycles. The van der Waals surface area contributed by atoms with Crippen molar-refractivity contribution in [1.29, 1.82) is 0 Å². The Morgan fingerprint density at radius 3 is 2.19 bits per heavy atom. The van der Waals surface area contributed by atoms with Gasteiger partial charge in [0.05, 0.1) is 6.04 Å². The van der Waals surface area contributed by atoms with Gasteiger partial charge in [-0.15, -0.1) is 0 Å². The van der Waals surface area contributed by atoms with Crippen molar-refractivity contribution >= 4 is 46.4 Å². The van der Waals surface area contributed by atoms with E-state index in [4.69, 9.17) is 40.5 Å². The molecule has 0 bridgehead atoms. The van der Waals surface area contributed by atoms with Crippen LogP contribution >= 0.6 is 34.8 Å². The van der Waals surface area contributed by atoms with Gasteiger partial charge in [0.25, 0.3) is 0 Å². The minimum Gasteiger partial charge on any atom is -0.318 e. The van der Waals surface area contributed by atoms with Crippen molar-refractivity contribution in [3.05, 3.63) is 63.1 Å². The summed E-state index contributed by atoms with van der Waals surface area (Å²) >= 11 is 18.0. The zero-order valence-electron chi connectivity index (χ0n) is 10.8. The van der Waals surface area contributed by atoms with Gasteiger partial charge >= 0.3 is 0 Å². The molecule has 0 radical (unpaired) electrons. The predicted octanol–water partition coefficient (Wildman–Crippen LogP) is 4.06. The molecule has 3 nitrogen and oxygen atoms in total. The second kappa shape index (κ2) is 5.50. The van der Waals surface area contributed by atoms with Gasteiger partial charge in [0.1, 0.15) is 6.04 Å². The molecule has 108 valence electrons. The molecule has 2 aromatic carbocycles. The molecule has 2 N–H and O–H groups in total. The van der Waals surface area contributed by atoms with Crippen molar-refractivity contribution in [3.8, 4) is 0 Å². The summed E-state index contributed by atoms with van der Waals surface area (Å²) in [7, 11) is 0. The highest BCUT2D eigenvalue weighted by Crippen LogP contribution is 2.41. The zero-order valence-corrected chi connectivity index (χ0v) is 13.0. The Bertz CT molecular complexity index is 703. The Kier molecular flexibility index (Phi) is 3.84. The standard InChI is InChI=1S/C15H11Cl3N2O/c16-8-1-4-10(5-2-8)20-14(13(19)15(20)21)11-6-3-9(17)7-12(11)18/h1-7,13-14H,19H2/t13-,14+/m1/s1. The summed E-state index contributed by atoms with van der Waals surface area (Å²) in [5.74, 6) is -0.145. The van der Waals surface area contributed by atoms with E-state index in [0.29, 0.717) is 15.1 Å². The van der Waals surface area contributed by atoms with E-state index < -0.39 is 6.04 Å². The molecule has 1 fully saturated rings. The van der Waals surface area contributed by atoms with E-state index in [2.05, 4.69) is 0 Å². The van der Waals surface area contributed by atoms with E-state index in [0.717, 1.165) is 11.3 Å². The second-order valence-electron chi connectivity index (χ2n) is 4.82. The molecular formula is C15H11Cl3N2O. The first kappa shape index (κ1) is 14.7. The van der Waals surface area contributed by atoms with Gasteiger partial charge in [0, 0.05) is 20.8 Å². The quantitative estimate of drug-likeness (QED) is 0.837. The number of hydrogen-bond donors (Lipinski definition) is 1. The Morgan fingerprint density at radius 2 is 1.57 bits per heavy atom. The molecule has 1 amide bonds. The minimum absolute atomic E-state index is 0.145. The minimum atomic E-state index is -0.612. The molecule has 21 heavy (non-hydrogen) atoms. The van der Waals surface area contributed by atoms with Crippen LogP contribution in [0, 0.1) is 0 Å². The molecule has 0 unspecified atom stereocenters. The average Bonchev–Trinajstić information content (AvgIpc) is 2.46. The van der Waals surface area contributed by atoms with Gasteiger partial charge in [-0.25, -0.2) is 0 Å². The van der Waals surface area contributed by atoms with E-state index in [1.807, 2.05) is 0 Å². The summed E-state index contributed by atoms with van der Waals surface area (Å²) in [6.45, 7) is 0. The second-order valence-corrected chi connectivity index (χ2v) is 6.10. The molecule has 1 aliphatic heterocycles. The van der Waals surface area contributed by atoms with E-state index in [-0.39, 0.29) is 11.9 Å². The van der Waals surface area contributed by atoms with Gasteiger partial charge in [-0.05, 0) is 42.0 Å². The van der Waals surface area contributed by atoms with Crippen molar-refractivity contribution in [2.45, 2.75) is 12.1 Å². The zero-order chi connectivity index (χ0) is 15.1. The molecule has 0 saturated carbocycles. The molecule has 1 aliphatic rings. The summed E-state index contributed by atoms with van der Waals surface area (Å²) < 4.78 is 0. The molecular weight excluding hydrogens is 331 g/mol. The number of halogens is 3. The van der Waals surface area contributed by atoms with Gasteiger partial charge < -0.3 is 10.6 Å². The van der Waals surface area contributed by atoms with Gasteiger partial charge in [-0.1, -0.05) is 40.9 Å². The number of nitrogens with two attached hydrogens (primary N) is 1. The van der Waals surface area contributed by atoms with Crippen molar-refractivity contribution in [2.24, 2.45) is 5.73 Å². The fourth-order valence-electron chi connectivity index (χ4n) is 2.47. The summed E-state index contributed by atoms with van der Waals surface area (Å²) in [4.78, 5) is 13.7. The lowest BCUT2D eigenvalue weighted by atomic mass is 9.88. The summed E-state index contributed by atoms with van der Waals surface area (Å²) in [5.41, 5.74) is 7.47. The number of β-lactam (4-membered cyclic amide) rings is 1. The van der Waals surface area contributed by atoms with Crippen LogP contribution in [-0.2, 0) is 4.79 Å². The van der Waals surface area contributed by atoms with Crippen molar-refractivity contribution in [3.63, 3.8) is 0 Å². The van der Waals surface area contributed by atoms with E-state index in [1.165, 1.54) is 0 Å². The maximum Gasteiger partial charge on any atom is 0.247 e. The number of nitrogens with zero attached hydrogens (tertiary/aromatic N) is 1. The number of hydrogen-bond acceptors (Lipinski definition) is 2. The van der Waals surface area contributed by atoms with Crippen molar-refractivity contribution in [1.82, 2.24) is 0 Å². The average molecular weight is 342 g/mol. The molecule has 0 aliphatic carbocycles. The Labute approximate surface area is 137 Å². The first-order valence-electron chi connectivity index (χ1n) is 6.28. The van der Waals surface area contributed by atoms with Crippen LogP contribution in [0.15, 0.2) is 42.5 Å². The normalized spacial score (nSPS) is 21.3. The Hall–Kier alpha value is -1.26. The van der Waals surface area contributed by atoms with Crippen LogP contribution in [0.4, 0.5) is 5.69 Å². The van der Waals surface area contributed by atoms with Crippen LogP contribution in [-0.4, -0.2) is 11.9 Å². The number of anilines is 1. The lowest BCUT2D eigenvalue weighted by Crippen LogP contribution is -2.63. The van der Waals surface area contributed by atoms with Crippen LogP contribution in [0.1, 0.15) is 11.6 Å². The van der Waals surface area contributed by atoms with Crippen molar-refractivity contribution < 1.29 is 4.79 Å². The van der Waals surface area contributed by atoms with Gasteiger partial charge in [0.2, 0.25) is 5.91 Å². The monoisotopic (exact) mass is 340 g/mol. The van der Waals surface area contributed by atoms with Crippen LogP contribution < -0.4 is 10.6 Å². The topological polar surface area (TPSA) is 46.3 Å². The molecule has 1 saturated heterocycles. The van der Waals surface area contributed by atoms with E-state index >= 15 is 0 Å². The maximum atomic E-state index is 12.1. The number of carbonyl (C=O) groups excluding carboxylic acids is 1. The van der Waals surface area contributed by atoms with Gasteiger partial charge in [-0.3, -0.25) is 4.79 Å². The summed E-state index contributed by atoms with van der Waals surface area (Å²) in [6.07, 6.45) is 0. The van der Waals surface area contributed by atoms with Crippen LogP contribution in [0.25, 0.3) is 0 Å². The lowest BCUT2D eigenvalue weighted by molar-refractivity contribution is -0.126. The number of carbonyl (C=O) groups is 1. The highest BCUT2D eigenvalue weighted by atomic mass is 35.5. The van der Waals surface area contributed by atoms with Crippen LogP contribution in [0.3, 0.4) is 0 Å². The maximum absolute atomic E-state index is 12.1. The van der Waals surface area contributed by atoms with Gasteiger partial charge in [-0.2, -0.15) is 0 Å². The Morgan fingerprint density at radius 1 is 0.952 bits per heavy atom. The molecule has 2 atom stereocenters. The fourth-order valence-corrected chi connectivity index (χ4v) is 3.12. The summed E-state index contributed by atoms with van der Waals surface area (Å²) in [5, 5.41) is 1.65. The SMILES string of the molecule is N[C@H]1C(=O)N(c2ccc(Cl)cc2)[C@H]1c1ccc(Cl)cc1Cl. The van der Waals surface area contributed by atoms with Crippen molar-refractivity contribution in [2.75, 3.05) is 4.90 Å². The molecule has 2 aromatic rings. The third-order valence-corrected chi connectivity index (χ3v) is 4.34. The molecule has 0 aromatic heterocycles. The Balaban J connectivity index is 2.00.